The Morgan fingerprint density at radius 1 is 1.03 bits per heavy atom. The van der Waals surface area contributed by atoms with Gasteiger partial charge in [0.1, 0.15) is 11.2 Å². The van der Waals surface area contributed by atoms with E-state index in [0.29, 0.717) is 0 Å². The largest absolute Gasteiger partial charge is 0.371 e. The maximum atomic E-state index is 4.73. The third-order valence-electron chi connectivity index (χ3n) is 5.30. The summed E-state index contributed by atoms with van der Waals surface area (Å²) in [7, 11) is 3.88. The molecule has 0 aliphatic rings. The number of hydrogen-bond acceptors (Lipinski definition) is 3. The minimum absolute atomic E-state index is 0.775. The molecule has 5 nitrogen and oxygen atoms in total. The van der Waals surface area contributed by atoms with Gasteiger partial charge in [0.05, 0.1) is 11.8 Å². The molecule has 0 amide bonds. The second kappa shape index (κ2) is 6.63. The van der Waals surface area contributed by atoms with E-state index in [0.717, 1.165) is 44.7 Å². The summed E-state index contributed by atoms with van der Waals surface area (Å²) in [6.45, 7) is 3.87. The highest BCUT2D eigenvalue weighted by molar-refractivity contribution is 6.07. The summed E-state index contributed by atoms with van der Waals surface area (Å²) < 4.78 is 2.04. The molecule has 3 aromatic heterocycles. The number of fused-ring (bicyclic) bond motifs is 3. The van der Waals surface area contributed by atoms with Crippen molar-refractivity contribution in [2.24, 2.45) is 7.05 Å². The average molecular weight is 379 g/mol. The van der Waals surface area contributed by atoms with E-state index in [9.17, 15) is 0 Å². The SMILES string of the molecule is C=Cc1cccc(-c2cccc(-c3cc4c(nc(NC)c5ncn(C)c54)[nH]3)c2)c1. The molecular weight excluding hydrogens is 358 g/mol. The number of pyridine rings is 1. The fraction of sp³-hybridized carbons (Fsp3) is 0.0833. The van der Waals surface area contributed by atoms with Gasteiger partial charge in [-0.15, -0.1) is 0 Å². The number of nitrogens with one attached hydrogen (secondary N) is 2. The second-order valence-electron chi connectivity index (χ2n) is 7.12. The van der Waals surface area contributed by atoms with Crippen LogP contribution >= 0.6 is 0 Å². The van der Waals surface area contributed by atoms with Crippen molar-refractivity contribution in [2.75, 3.05) is 12.4 Å². The van der Waals surface area contributed by atoms with Crippen LogP contribution in [0.2, 0.25) is 0 Å². The molecule has 0 saturated heterocycles. The Morgan fingerprint density at radius 3 is 2.59 bits per heavy atom. The summed E-state index contributed by atoms with van der Waals surface area (Å²) >= 11 is 0. The highest BCUT2D eigenvalue weighted by Crippen LogP contribution is 2.33. The minimum Gasteiger partial charge on any atom is -0.371 e. The van der Waals surface area contributed by atoms with E-state index in [4.69, 9.17) is 4.98 Å². The van der Waals surface area contributed by atoms with Crippen LogP contribution in [-0.4, -0.2) is 26.6 Å². The molecule has 0 aliphatic carbocycles. The van der Waals surface area contributed by atoms with Crippen molar-refractivity contribution >= 4 is 34.0 Å². The molecule has 2 aromatic carbocycles. The third-order valence-corrected chi connectivity index (χ3v) is 5.30. The lowest BCUT2D eigenvalue weighted by Gasteiger charge is -2.05. The topological polar surface area (TPSA) is 58.5 Å². The number of H-pyrrole nitrogens is 1. The predicted octanol–water partition coefficient (Wildman–Crippen LogP) is 5.47. The van der Waals surface area contributed by atoms with Gasteiger partial charge in [-0.3, -0.25) is 0 Å². The van der Waals surface area contributed by atoms with E-state index < -0.39 is 0 Å². The molecule has 142 valence electrons. The van der Waals surface area contributed by atoms with Crippen molar-refractivity contribution < 1.29 is 0 Å². The highest BCUT2D eigenvalue weighted by Gasteiger charge is 2.15. The van der Waals surface area contributed by atoms with Gasteiger partial charge in [0.2, 0.25) is 0 Å². The van der Waals surface area contributed by atoms with Crippen LogP contribution in [0.5, 0.6) is 0 Å². The van der Waals surface area contributed by atoms with Gasteiger partial charge in [-0.05, 0) is 40.5 Å². The zero-order chi connectivity index (χ0) is 20.0. The van der Waals surface area contributed by atoms with Gasteiger partial charge in [-0.2, -0.15) is 0 Å². The maximum absolute atomic E-state index is 4.73. The molecule has 0 atom stereocenters. The van der Waals surface area contributed by atoms with E-state index in [1.807, 2.05) is 31.1 Å². The lowest BCUT2D eigenvalue weighted by atomic mass is 10.00. The molecular formula is C24H21N5. The number of nitrogens with zero attached hydrogens (tertiary/aromatic N) is 3. The Kier molecular flexibility index (Phi) is 3.95. The van der Waals surface area contributed by atoms with Crippen molar-refractivity contribution in [3.05, 3.63) is 73.1 Å². The molecule has 0 radical (unpaired) electrons. The van der Waals surface area contributed by atoms with Gasteiger partial charge in [0.25, 0.3) is 0 Å². The number of benzene rings is 2. The first-order valence-electron chi connectivity index (χ1n) is 9.53. The standard InChI is InChI=1S/C24H21N5/c1-4-15-7-5-8-16(11-15)17-9-6-10-18(12-17)20-13-19-22-21(26-14-29(22)3)24(25-2)28-23(19)27-20/h4-14H,1H2,2-3H3,(H2,25,27,28). The molecule has 0 saturated carbocycles. The van der Waals surface area contributed by atoms with Crippen molar-refractivity contribution in [1.82, 2.24) is 19.5 Å². The second-order valence-corrected chi connectivity index (χ2v) is 7.12. The zero-order valence-electron chi connectivity index (χ0n) is 16.4. The van der Waals surface area contributed by atoms with E-state index in [-0.39, 0.29) is 0 Å². The molecule has 0 fully saturated rings. The van der Waals surface area contributed by atoms with Gasteiger partial charge in [0.15, 0.2) is 5.82 Å². The number of imidazole rings is 1. The first kappa shape index (κ1) is 17.3. The maximum Gasteiger partial charge on any atom is 0.156 e. The molecule has 0 spiro atoms. The monoisotopic (exact) mass is 379 g/mol. The normalized spacial score (nSPS) is 11.2. The fourth-order valence-electron chi connectivity index (χ4n) is 3.84. The Hall–Kier alpha value is -3.86. The van der Waals surface area contributed by atoms with Gasteiger partial charge in [0, 0.05) is 25.2 Å². The molecule has 0 unspecified atom stereocenters. The highest BCUT2D eigenvalue weighted by atomic mass is 15.1. The Balaban J connectivity index is 1.67. The first-order chi connectivity index (χ1) is 14.2. The Bertz CT molecular complexity index is 1370. The van der Waals surface area contributed by atoms with Crippen LogP contribution in [0.1, 0.15) is 5.56 Å². The van der Waals surface area contributed by atoms with Crippen LogP contribution in [0.25, 0.3) is 50.5 Å². The summed E-state index contributed by atoms with van der Waals surface area (Å²) in [4.78, 5) is 12.7. The van der Waals surface area contributed by atoms with Crippen LogP contribution < -0.4 is 5.32 Å². The van der Waals surface area contributed by atoms with Crippen LogP contribution in [0.4, 0.5) is 5.82 Å². The minimum atomic E-state index is 0.775. The van der Waals surface area contributed by atoms with Gasteiger partial charge < -0.3 is 14.9 Å². The van der Waals surface area contributed by atoms with E-state index in [1.54, 1.807) is 0 Å². The summed E-state index contributed by atoms with van der Waals surface area (Å²) in [5, 5.41) is 4.21. The molecule has 0 aliphatic heterocycles. The lowest BCUT2D eigenvalue weighted by molar-refractivity contribution is 0.951. The summed E-state index contributed by atoms with van der Waals surface area (Å²) in [5.41, 5.74) is 8.39. The van der Waals surface area contributed by atoms with Crippen LogP contribution in [0.15, 0.2) is 67.5 Å². The van der Waals surface area contributed by atoms with Crippen LogP contribution in [-0.2, 0) is 7.05 Å². The molecule has 5 aromatic rings. The van der Waals surface area contributed by atoms with E-state index >= 15 is 0 Å². The predicted molar refractivity (Wildman–Crippen MR) is 121 cm³/mol. The zero-order valence-corrected chi connectivity index (χ0v) is 16.4. The Labute approximate surface area is 168 Å². The first-order valence-corrected chi connectivity index (χ1v) is 9.53. The van der Waals surface area contributed by atoms with Crippen LogP contribution in [0, 0.1) is 0 Å². The van der Waals surface area contributed by atoms with E-state index in [1.165, 1.54) is 11.1 Å². The molecule has 5 heteroatoms. The summed E-state index contributed by atoms with van der Waals surface area (Å²) in [6, 6.07) is 19.1. The summed E-state index contributed by atoms with van der Waals surface area (Å²) in [5.74, 6) is 0.775. The Morgan fingerprint density at radius 2 is 1.79 bits per heavy atom. The third kappa shape index (κ3) is 2.79. The lowest BCUT2D eigenvalue weighted by Crippen LogP contribution is -1.95. The molecule has 0 bridgehead atoms. The van der Waals surface area contributed by atoms with Crippen molar-refractivity contribution in [2.45, 2.75) is 0 Å². The van der Waals surface area contributed by atoms with Crippen LogP contribution in [0.3, 0.4) is 0 Å². The molecule has 2 N–H and O–H groups in total. The van der Waals surface area contributed by atoms with Gasteiger partial charge in [-0.25, -0.2) is 9.97 Å². The number of aryl methyl sites for hydroxylation is 1. The quantitative estimate of drug-likeness (QED) is 0.435. The fourth-order valence-corrected chi connectivity index (χ4v) is 3.84. The average Bonchev–Trinajstić information content (AvgIpc) is 3.37. The van der Waals surface area contributed by atoms with Crippen molar-refractivity contribution in [1.29, 1.82) is 0 Å². The summed E-state index contributed by atoms with van der Waals surface area (Å²) in [6.07, 6.45) is 3.70. The smallest absolute Gasteiger partial charge is 0.156 e. The number of aromatic nitrogens is 4. The van der Waals surface area contributed by atoms with Crippen molar-refractivity contribution in [3.8, 4) is 22.4 Å². The van der Waals surface area contributed by atoms with Gasteiger partial charge in [-0.1, -0.05) is 49.1 Å². The number of rotatable bonds is 4. The number of hydrogen-bond donors (Lipinski definition) is 2. The van der Waals surface area contributed by atoms with Crippen molar-refractivity contribution in [3.63, 3.8) is 0 Å². The van der Waals surface area contributed by atoms with E-state index in [2.05, 4.69) is 76.5 Å². The number of anilines is 1. The molecule has 5 rings (SSSR count). The van der Waals surface area contributed by atoms with Gasteiger partial charge >= 0.3 is 0 Å². The molecule has 3 heterocycles. The molecule has 29 heavy (non-hydrogen) atoms. The number of aromatic amines is 1.